The number of hydrogen-bond donors (Lipinski definition) is 1. The third-order valence-electron chi connectivity index (χ3n) is 4.22. The maximum Gasteiger partial charge on any atom is 0.219 e. The summed E-state index contributed by atoms with van der Waals surface area (Å²) < 4.78 is 19.7. The molecule has 3 rings (SSSR count). The molecule has 1 amide bonds. The molecule has 0 saturated carbocycles. The lowest BCUT2D eigenvalue weighted by atomic mass is 9.92. The van der Waals surface area contributed by atoms with Gasteiger partial charge in [-0.3, -0.25) is 4.79 Å². The van der Waals surface area contributed by atoms with Gasteiger partial charge in [0.1, 0.15) is 6.61 Å². The number of ether oxygens (including phenoxy) is 1. The van der Waals surface area contributed by atoms with Crippen LogP contribution in [0, 0.1) is 5.82 Å². The van der Waals surface area contributed by atoms with Gasteiger partial charge in [-0.15, -0.1) is 0 Å². The van der Waals surface area contributed by atoms with Crippen molar-refractivity contribution in [3.8, 4) is 5.75 Å². The molecule has 1 aromatic rings. The van der Waals surface area contributed by atoms with E-state index < -0.39 is 0 Å². The molecule has 0 atom stereocenters. The van der Waals surface area contributed by atoms with Crippen molar-refractivity contribution in [2.75, 3.05) is 13.2 Å². The van der Waals surface area contributed by atoms with Crippen LogP contribution >= 0.6 is 0 Å². The normalized spacial score (nSPS) is 15.8. The second kappa shape index (κ2) is 5.88. The quantitative estimate of drug-likeness (QED) is 0.925. The van der Waals surface area contributed by atoms with E-state index in [2.05, 4.69) is 5.32 Å². The van der Waals surface area contributed by atoms with E-state index >= 15 is 0 Å². The van der Waals surface area contributed by atoms with Gasteiger partial charge in [0.25, 0.3) is 0 Å². The summed E-state index contributed by atoms with van der Waals surface area (Å²) in [6, 6.07) is 1.63. The van der Waals surface area contributed by atoms with Crippen LogP contribution in [0.2, 0.25) is 0 Å². The SMILES string of the molecule is CCC(=O)NCCC1=CCOc2c(F)cc3c(c21)CCC3. The number of rotatable bonds is 4. The van der Waals surface area contributed by atoms with Gasteiger partial charge in [0.2, 0.25) is 5.91 Å². The van der Waals surface area contributed by atoms with Crippen molar-refractivity contribution < 1.29 is 13.9 Å². The van der Waals surface area contributed by atoms with Crippen LogP contribution < -0.4 is 10.1 Å². The number of fused-ring (bicyclic) bond motifs is 3. The lowest BCUT2D eigenvalue weighted by Crippen LogP contribution is -2.24. The molecule has 21 heavy (non-hydrogen) atoms. The predicted octanol–water partition coefficient (Wildman–Crippen LogP) is 3.01. The Morgan fingerprint density at radius 3 is 3.10 bits per heavy atom. The molecule has 3 nitrogen and oxygen atoms in total. The van der Waals surface area contributed by atoms with Crippen LogP contribution in [0.25, 0.3) is 5.57 Å². The molecule has 1 N–H and O–H groups in total. The summed E-state index contributed by atoms with van der Waals surface area (Å²) in [5.74, 6) is 0.191. The highest BCUT2D eigenvalue weighted by Gasteiger charge is 2.26. The van der Waals surface area contributed by atoms with Crippen LogP contribution in [0.3, 0.4) is 0 Å². The van der Waals surface area contributed by atoms with Crippen LogP contribution in [0.15, 0.2) is 12.1 Å². The van der Waals surface area contributed by atoms with Crippen molar-refractivity contribution in [1.29, 1.82) is 0 Å². The van der Waals surface area contributed by atoms with Crippen LogP contribution in [0.1, 0.15) is 42.9 Å². The Morgan fingerprint density at radius 2 is 2.29 bits per heavy atom. The monoisotopic (exact) mass is 289 g/mol. The van der Waals surface area contributed by atoms with E-state index in [0.717, 1.165) is 42.4 Å². The molecule has 112 valence electrons. The average Bonchev–Trinajstić information content (AvgIpc) is 2.95. The van der Waals surface area contributed by atoms with Crippen molar-refractivity contribution in [2.24, 2.45) is 0 Å². The first-order valence-electron chi connectivity index (χ1n) is 7.64. The molecule has 1 aliphatic carbocycles. The Balaban J connectivity index is 1.86. The van der Waals surface area contributed by atoms with E-state index in [-0.39, 0.29) is 11.7 Å². The molecule has 1 heterocycles. The van der Waals surface area contributed by atoms with Crippen molar-refractivity contribution in [3.05, 3.63) is 34.6 Å². The Labute approximate surface area is 124 Å². The summed E-state index contributed by atoms with van der Waals surface area (Å²) in [6.45, 7) is 2.82. The third kappa shape index (κ3) is 2.67. The molecular formula is C17H20FNO2. The smallest absolute Gasteiger partial charge is 0.219 e. The van der Waals surface area contributed by atoms with Crippen LogP contribution in [0.4, 0.5) is 4.39 Å². The van der Waals surface area contributed by atoms with Crippen LogP contribution in [0.5, 0.6) is 5.75 Å². The van der Waals surface area contributed by atoms with Gasteiger partial charge in [0.05, 0.1) is 0 Å². The number of aryl methyl sites for hydroxylation is 1. The first-order valence-corrected chi connectivity index (χ1v) is 7.64. The zero-order chi connectivity index (χ0) is 14.8. The number of carbonyl (C=O) groups excluding carboxylic acids is 1. The number of amides is 1. The predicted molar refractivity (Wildman–Crippen MR) is 79.8 cm³/mol. The molecule has 0 unspecified atom stereocenters. The maximum absolute atomic E-state index is 14.2. The van der Waals surface area contributed by atoms with Crippen molar-refractivity contribution in [3.63, 3.8) is 0 Å². The van der Waals surface area contributed by atoms with Crippen molar-refractivity contribution in [2.45, 2.75) is 39.0 Å². The summed E-state index contributed by atoms with van der Waals surface area (Å²) >= 11 is 0. The van der Waals surface area contributed by atoms with Gasteiger partial charge < -0.3 is 10.1 Å². The highest BCUT2D eigenvalue weighted by atomic mass is 19.1. The second-order valence-electron chi connectivity index (χ2n) is 5.55. The molecule has 4 heteroatoms. The van der Waals surface area contributed by atoms with E-state index in [9.17, 15) is 9.18 Å². The number of benzene rings is 1. The number of carbonyl (C=O) groups is 1. The summed E-state index contributed by atoms with van der Waals surface area (Å²) in [5.41, 5.74) is 4.39. The first kappa shape index (κ1) is 14.1. The number of nitrogens with one attached hydrogen (secondary N) is 1. The summed E-state index contributed by atoms with van der Waals surface area (Å²) in [5, 5.41) is 2.88. The zero-order valence-electron chi connectivity index (χ0n) is 12.3. The minimum atomic E-state index is -0.256. The Bertz CT molecular complexity index is 607. The Hall–Kier alpha value is -1.84. The average molecular weight is 289 g/mol. The minimum Gasteiger partial charge on any atom is -0.486 e. The van der Waals surface area contributed by atoms with E-state index in [1.165, 1.54) is 5.56 Å². The summed E-state index contributed by atoms with van der Waals surface area (Å²) in [6.07, 6.45) is 6.23. The molecule has 0 bridgehead atoms. The highest BCUT2D eigenvalue weighted by molar-refractivity contribution is 5.78. The van der Waals surface area contributed by atoms with Crippen LogP contribution in [-0.4, -0.2) is 19.1 Å². The van der Waals surface area contributed by atoms with Gasteiger partial charge in [0, 0.05) is 18.5 Å². The fourth-order valence-corrected chi connectivity index (χ4v) is 3.18. The maximum atomic E-state index is 14.2. The molecule has 1 aliphatic heterocycles. The zero-order valence-corrected chi connectivity index (χ0v) is 12.3. The molecule has 0 spiro atoms. The molecule has 0 saturated heterocycles. The lowest BCUT2D eigenvalue weighted by Gasteiger charge is -2.22. The summed E-state index contributed by atoms with van der Waals surface area (Å²) in [4.78, 5) is 11.3. The lowest BCUT2D eigenvalue weighted by molar-refractivity contribution is -0.120. The van der Waals surface area contributed by atoms with Gasteiger partial charge >= 0.3 is 0 Å². The minimum absolute atomic E-state index is 0.0485. The fraction of sp³-hybridized carbons (Fsp3) is 0.471. The largest absolute Gasteiger partial charge is 0.486 e. The van der Waals surface area contributed by atoms with Crippen molar-refractivity contribution in [1.82, 2.24) is 5.32 Å². The topological polar surface area (TPSA) is 38.3 Å². The Kier molecular flexibility index (Phi) is 3.95. The third-order valence-corrected chi connectivity index (χ3v) is 4.22. The van der Waals surface area contributed by atoms with Gasteiger partial charge in [-0.25, -0.2) is 4.39 Å². The molecule has 0 fully saturated rings. The van der Waals surface area contributed by atoms with Gasteiger partial charge in [-0.2, -0.15) is 0 Å². The second-order valence-corrected chi connectivity index (χ2v) is 5.55. The van der Waals surface area contributed by atoms with Crippen LogP contribution in [-0.2, 0) is 17.6 Å². The van der Waals surface area contributed by atoms with Gasteiger partial charge in [0.15, 0.2) is 11.6 Å². The standard InChI is InChI=1S/C17H20FNO2/c1-2-15(20)19-8-6-11-7-9-21-17-14(18)10-12-4-3-5-13(12)16(11)17/h7,10H,2-6,8-9H2,1H3,(H,19,20). The number of halogens is 1. The molecule has 2 aliphatic rings. The summed E-state index contributed by atoms with van der Waals surface area (Å²) in [7, 11) is 0. The first-order chi connectivity index (χ1) is 10.2. The molecule has 0 aromatic heterocycles. The fourth-order valence-electron chi connectivity index (χ4n) is 3.18. The highest BCUT2D eigenvalue weighted by Crippen LogP contribution is 2.41. The van der Waals surface area contributed by atoms with E-state index in [1.807, 2.05) is 13.0 Å². The molecule has 1 aromatic carbocycles. The Morgan fingerprint density at radius 1 is 1.43 bits per heavy atom. The van der Waals surface area contributed by atoms with E-state index in [0.29, 0.717) is 25.3 Å². The molecule has 0 radical (unpaired) electrons. The van der Waals surface area contributed by atoms with E-state index in [1.54, 1.807) is 6.07 Å². The van der Waals surface area contributed by atoms with E-state index in [4.69, 9.17) is 4.74 Å². The number of hydrogen-bond acceptors (Lipinski definition) is 2. The van der Waals surface area contributed by atoms with Crippen molar-refractivity contribution >= 4 is 11.5 Å². The van der Waals surface area contributed by atoms with Gasteiger partial charge in [-0.05, 0) is 54.5 Å². The molecular weight excluding hydrogens is 269 g/mol. The van der Waals surface area contributed by atoms with Gasteiger partial charge in [-0.1, -0.05) is 6.92 Å².